The number of nitrogens with zero attached hydrogens (tertiary/aromatic N) is 2. The van der Waals surface area contributed by atoms with E-state index in [2.05, 4.69) is 163 Å². The third kappa shape index (κ3) is 3.83. The van der Waals surface area contributed by atoms with Crippen LogP contribution in [0.25, 0.3) is 0 Å². The van der Waals surface area contributed by atoms with Gasteiger partial charge in [0, 0.05) is 40.2 Å². The highest BCUT2D eigenvalue weighted by Crippen LogP contribution is 2.42. The zero-order valence-electron chi connectivity index (χ0n) is 23.7. The average molecular weight is 540 g/mol. The lowest BCUT2D eigenvalue weighted by molar-refractivity contribution is 0.487. The molecule has 0 aliphatic carbocycles. The van der Waals surface area contributed by atoms with Crippen molar-refractivity contribution in [2.24, 2.45) is 0 Å². The molecule has 0 amide bonds. The number of aryl methyl sites for hydroxylation is 2. The maximum absolute atomic E-state index is 6.80. The fraction of sp³-hybridized carbons (Fsp3) is 0.0526. The molecule has 6 aromatic carbocycles. The van der Waals surface area contributed by atoms with E-state index in [1.807, 2.05) is 0 Å². The molecular formula is C38H29BN2O. The van der Waals surface area contributed by atoms with Gasteiger partial charge in [0.1, 0.15) is 11.5 Å². The van der Waals surface area contributed by atoms with Crippen LogP contribution in [0.2, 0.25) is 0 Å². The van der Waals surface area contributed by atoms with E-state index in [0.717, 1.165) is 34.2 Å². The Hall–Kier alpha value is -5.22. The SMILES string of the molecule is Cc1cc(C)c2c(c1)N(c1ccccc1)c1cccc3c1B2c1ccc(N(c2ccccc2)c2ccccc2)cc1O3. The highest BCUT2D eigenvalue weighted by atomic mass is 16.5. The molecule has 6 aromatic rings. The summed E-state index contributed by atoms with van der Waals surface area (Å²) in [5, 5.41) is 0. The first kappa shape index (κ1) is 24.6. The number of ether oxygens (including phenoxy) is 1. The topological polar surface area (TPSA) is 15.7 Å². The molecule has 42 heavy (non-hydrogen) atoms. The van der Waals surface area contributed by atoms with Gasteiger partial charge in [-0.3, -0.25) is 0 Å². The molecule has 0 fully saturated rings. The Morgan fingerprint density at radius 3 is 1.90 bits per heavy atom. The van der Waals surface area contributed by atoms with Gasteiger partial charge in [-0.2, -0.15) is 0 Å². The minimum Gasteiger partial charge on any atom is -0.458 e. The molecule has 0 saturated heterocycles. The van der Waals surface area contributed by atoms with Crippen LogP contribution in [-0.2, 0) is 0 Å². The van der Waals surface area contributed by atoms with Crippen LogP contribution in [0.4, 0.5) is 34.1 Å². The molecule has 0 aromatic heterocycles. The van der Waals surface area contributed by atoms with E-state index in [9.17, 15) is 0 Å². The summed E-state index contributed by atoms with van der Waals surface area (Å²) in [6.07, 6.45) is 0. The van der Waals surface area contributed by atoms with Gasteiger partial charge in [-0.05, 0) is 96.5 Å². The van der Waals surface area contributed by atoms with Crippen molar-refractivity contribution in [1.82, 2.24) is 0 Å². The van der Waals surface area contributed by atoms with E-state index in [1.165, 1.54) is 38.9 Å². The fourth-order valence-corrected chi connectivity index (χ4v) is 6.77. The predicted molar refractivity (Wildman–Crippen MR) is 176 cm³/mol. The van der Waals surface area contributed by atoms with Crippen molar-refractivity contribution < 1.29 is 4.74 Å². The summed E-state index contributed by atoms with van der Waals surface area (Å²) in [4.78, 5) is 4.69. The summed E-state index contributed by atoms with van der Waals surface area (Å²) in [5.41, 5.74) is 13.1. The van der Waals surface area contributed by atoms with Gasteiger partial charge in [0.05, 0.1) is 0 Å². The van der Waals surface area contributed by atoms with E-state index in [0.29, 0.717) is 0 Å². The van der Waals surface area contributed by atoms with Crippen molar-refractivity contribution in [3.8, 4) is 11.5 Å². The number of hydrogen-bond acceptors (Lipinski definition) is 3. The number of fused-ring (bicyclic) bond motifs is 4. The minimum atomic E-state index is 0.0754. The van der Waals surface area contributed by atoms with Gasteiger partial charge in [0.2, 0.25) is 0 Å². The molecule has 3 nitrogen and oxygen atoms in total. The monoisotopic (exact) mass is 540 g/mol. The van der Waals surface area contributed by atoms with Crippen LogP contribution in [0.15, 0.2) is 140 Å². The molecule has 0 unspecified atom stereocenters. The van der Waals surface area contributed by atoms with E-state index in [4.69, 9.17) is 4.74 Å². The van der Waals surface area contributed by atoms with Crippen LogP contribution in [0.1, 0.15) is 11.1 Å². The molecule has 2 aliphatic rings. The Labute approximate surface area is 247 Å². The summed E-state index contributed by atoms with van der Waals surface area (Å²) in [5.74, 6) is 1.82. The van der Waals surface area contributed by atoms with Crippen LogP contribution >= 0.6 is 0 Å². The van der Waals surface area contributed by atoms with E-state index in [1.54, 1.807) is 0 Å². The lowest BCUT2D eigenvalue weighted by atomic mass is 9.33. The second-order valence-electron chi connectivity index (χ2n) is 11.1. The van der Waals surface area contributed by atoms with Crippen LogP contribution in [0.5, 0.6) is 11.5 Å². The zero-order valence-corrected chi connectivity index (χ0v) is 23.7. The molecular weight excluding hydrogens is 511 g/mol. The van der Waals surface area contributed by atoms with Gasteiger partial charge < -0.3 is 14.5 Å². The van der Waals surface area contributed by atoms with Gasteiger partial charge in [-0.1, -0.05) is 78.4 Å². The molecule has 0 spiro atoms. The number of hydrogen-bond donors (Lipinski definition) is 0. The smallest absolute Gasteiger partial charge is 0.256 e. The number of rotatable bonds is 4. The van der Waals surface area contributed by atoms with Crippen LogP contribution in [0.3, 0.4) is 0 Å². The highest BCUT2D eigenvalue weighted by molar-refractivity contribution is 6.99. The Bertz CT molecular complexity index is 1900. The maximum Gasteiger partial charge on any atom is 0.256 e. The Morgan fingerprint density at radius 1 is 0.548 bits per heavy atom. The first-order valence-electron chi connectivity index (χ1n) is 14.5. The van der Waals surface area contributed by atoms with Crippen molar-refractivity contribution in [1.29, 1.82) is 0 Å². The van der Waals surface area contributed by atoms with Gasteiger partial charge >= 0.3 is 0 Å². The molecule has 200 valence electrons. The van der Waals surface area contributed by atoms with Crippen molar-refractivity contribution in [2.45, 2.75) is 13.8 Å². The highest BCUT2D eigenvalue weighted by Gasteiger charge is 2.42. The summed E-state index contributed by atoms with van der Waals surface area (Å²) in [7, 11) is 0. The quantitative estimate of drug-likeness (QED) is 0.210. The van der Waals surface area contributed by atoms with Crippen LogP contribution in [0, 0.1) is 13.8 Å². The Morgan fingerprint density at radius 2 is 1.21 bits per heavy atom. The largest absolute Gasteiger partial charge is 0.458 e. The van der Waals surface area contributed by atoms with Crippen molar-refractivity contribution in [3.05, 3.63) is 151 Å². The normalized spacial score (nSPS) is 12.6. The molecule has 0 radical (unpaired) electrons. The van der Waals surface area contributed by atoms with E-state index >= 15 is 0 Å². The molecule has 0 bridgehead atoms. The standard InChI is InChI=1S/C38H29BN2O/c1-26-23-27(2)37-34(24-26)41(30-17-10-5-11-18-30)33-19-12-20-35-38(33)39(37)32-22-21-31(25-36(32)42-35)40(28-13-6-3-7-14-28)29-15-8-4-9-16-29/h3-25H,1-2H3. The average Bonchev–Trinajstić information content (AvgIpc) is 3.02. The summed E-state index contributed by atoms with van der Waals surface area (Å²) < 4.78 is 6.80. The predicted octanol–water partition coefficient (Wildman–Crippen LogP) is 8.18. The van der Waals surface area contributed by atoms with Gasteiger partial charge in [0.15, 0.2) is 0 Å². The van der Waals surface area contributed by atoms with Crippen LogP contribution in [-0.4, -0.2) is 6.71 Å². The molecule has 2 aliphatic heterocycles. The number of anilines is 6. The Kier molecular flexibility index (Phi) is 5.68. The first-order valence-corrected chi connectivity index (χ1v) is 14.5. The maximum atomic E-state index is 6.80. The second kappa shape index (κ2) is 9.71. The summed E-state index contributed by atoms with van der Waals surface area (Å²) in [6, 6.07) is 49.5. The second-order valence-corrected chi connectivity index (χ2v) is 11.1. The number of para-hydroxylation sites is 3. The van der Waals surface area contributed by atoms with Gasteiger partial charge in [-0.15, -0.1) is 0 Å². The van der Waals surface area contributed by atoms with Gasteiger partial charge in [-0.25, -0.2) is 0 Å². The van der Waals surface area contributed by atoms with E-state index in [-0.39, 0.29) is 6.71 Å². The molecule has 2 heterocycles. The fourth-order valence-electron chi connectivity index (χ4n) is 6.77. The molecule has 0 N–H and O–H groups in total. The minimum absolute atomic E-state index is 0.0754. The molecule has 8 rings (SSSR count). The Balaban J connectivity index is 1.34. The molecule has 0 atom stereocenters. The van der Waals surface area contributed by atoms with Crippen LogP contribution < -0.4 is 30.9 Å². The van der Waals surface area contributed by atoms with Gasteiger partial charge in [0.25, 0.3) is 6.71 Å². The van der Waals surface area contributed by atoms with Crippen molar-refractivity contribution in [2.75, 3.05) is 9.80 Å². The lowest BCUT2D eigenvalue weighted by Gasteiger charge is -2.41. The first-order chi connectivity index (χ1) is 20.7. The summed E-state index contributed by atoms with van der Waals surface area (Å²) in [6.45, 7) is 4.51. The number of benzene rings is 6. The zero-order chi connectivity index (χ0) is 28.2. The van der Waals surface area contributed by atoms with Crippen molar-refractivity contribution in [3.63, 3.8) is 0 Å². The van der Waals surface area contributed by atoms with Crippen molar-refractivity contribution >= 4 is 57.2 Å². The lowest BCUT2D eigenvalue weighted by Crippen LogP contribution is -2.60. The third-order valence-corrected chi connectivity index (χ3v) is 8.44. The molecule has 0 saturated carbocycles. The summed E-state index contributed by atoms with van der Waals surface area (Å²) >= 11 is 0. The molecule has 4 heteroatoms. The van der Waals surface area contributed by atoms with E-state index < -0.39 is 0 Å². The third-order valence-electron chi connectivity index (χ3n) is 8.44.